The minimum Gasteiger partial charge on any atom is -0.490 e. The molecule has 0 radical (unpaired) electrons. The fourth-order valence-corrected chi connectivity index (χ4v) is 4.49. The van der Waals surface area contributed by atoms with E-state index in [1.165, 1.54) is 11.1 Å². The van der Waals surface area contributed by atoms with Gasteiger partial charge in [-0.3, -0.25) is 0 Å². The molecule has 33 heavy (non-hydrogen) atoms. The number of β-amino-alcohol motifs (C(OH)–C–C–N with tert-alkyl or cyclic N) is 1. The average Bonchev–Trinajstić information content (AvgIpc) is 3.45. The summed E-state index contributed by atoms with van der Waals surface area (Å²) in [6.07, 6.45) is 1.66. The minimum absolute atomic E-state index is 0.219. The van der Waals surface area contributed by atoms with Gasteiger partial charge in [0.15, 0.2) is 5.76 Å². The van der Waals surface area contributed by atoms with Crippen LogP contribution in [0.3, 0.4) is 0 Å². The standard InChI is InChI=1S/C26H29N3O4/c1-17-6-8-19(9-7-17)20-10-12-29(13-11-20)15-21(30)16-31-23-4-3-5-24-22(23)14-25(33-24)26-28-27-18(2)32-26/h3-9,14,20-21,30H,10-13,15-16H2,1-2H3. The Kier molecular flexibility index (Phi) is 6.15. The number of benzene rings is 2. The van der Waals surface area contributed by atoms with Crippen molar-refractivity contribution in [3.63, 3.8) is 0 Å². The van der Waals surface area contributed by atoms with Crippen molar-refractivity contribution in [3.05, 3.63) is 65.5 Å². The Morgan fingerprint density at radius 2 is 1.85 bits per heavy atom. The second-order valence-corrected chi connectivity index (χ2v) is 8.86. The van der Waals surface area contributed by atoms with E-state index in [9.17, 15) is 5.11 Å². The maximum atomic E-state index is 10.6. The topological polar surface area (TPSA) is 84.8 Å². The van der Waals surface area contributed by atoms with E-state index in [-0.39, 0.29) is 6.61 Å². The van der Waals surface area contributed by atoms with E-state index in [4.69, 9.17) is 13.6 Å². The lowest BCUT2D eigenvalue weighted by molar-refractivity contribution is 0.0599. The van der Waals surface area contributed by atoms with Crippen LogP contribution in [-0.2, 0) is 0 Å². The summed E-state index contributed by atoms with van der Waals surface area (Å²) in [4.78, 5) is 2.33. The van der Waals surface area contributed by atoms with Gasteiger partial charge in [-0.1, -0.05) is 35.9 Å². The SMILES string of the molecule is Cc1ccc(C2CCN(CC(O)COc3cccc4oc(-c5nnc(C)o5)cc34)CC2)cc1. The lowest BCUT2D eigenvalue weighted by Crippen LogP contribution is -2.40. The molecule has 1 fully saturated rings. The molecule has 1 aliphatic rings. The summed E-state index contributed by atoms with van der Waals surface area (Å²) in [5.74, 6) is 2.58. The predicted octanol–water partition coefficient (Wildman–Crippen LogP) is 4.72. The van der Waals surface area contributed by atoms with E-state index in [1.807, 2.05) is 24.3 Å². The molecule has 1 N–H and O–H groups in total. The van der Waals surface area contributed by atoms with Crippen LogP contribution in [0.1, 0.15) is 35.8 Å². The van der Waals surface area contributed by atoms with Gasteiger partial charge in [0, 0.05) is 19.5 Å². The number of furan rings is 1. The van der Waals surface area contributed by atoms with Crippen LogP contribution in [0.25, 0.3) is 22.6 Å². The van der Waals surface area contributed by atoms with Gasteiger partial charge in [-0.25, -0.2) is 0 Å². The summed E-state index contributed by atoms with van der Waals surface area (Å²) in [5.41, 5.74) is 3.39. The number of piperidine rings is 1. The smallest absolute Gasteiger partial charge is 0.283 e. The molecule has 0 amide bonds. The Labute approximate surface area is 193 Å². The van der Waals surface area contributed by atoms with E-state index in [1.54, 1.807) is 6.92 Å². The molecule has 5 rings (SSSR count). The van der Waals surface area contributed by atoms with Gasteiger partial charge in [-0.2, -0.15) is 0 Å². The highest BCUT2D eigenvalue weighted by Crippen LogP contribution is 2.33. The molecular weight excluding hydrogens is 418 g/mol. The summed E-state index contributed by atoms with van der Waals surface area (Å²) in [5, 5.41) is 19.3. The van der Waals surface area contributed by atoms with Crippen molar-refractivity contribution in [2.45, 2.75) is 38.7 Å². The van der Waals surface area contributed by atoms with Crippen molar-refractivity contribution >= 4 is 11.0 Å². The predicted molar refractivity (Wildman–Crippen MR) is 125 cm³/mol. The molecule has 7 heteroatoms. The Hall–Kier alpha value is -3.16. The van der Waals surface area contributed by atoms with Gasteiger partial charge in [-0.15, -0.1) is 10.2 Å². The van der Waals surface area contributed by atoms with Gasteiger partial charge in [0.2, 0.25) is 5.89 Å². The van der Waals surface area contributed by atoms with Gasteiger partial charge >= 0.3 is 0 Å². The number of aliphatic hydroxyl groups excluding tert-OH is 1. The van der Waals surface area contributed by atoms with E-state index >= 15 is 0 Å². The number of hydrogen-bond donors (Lipinski definition) is 1. The first kappa shape index (κ1) is 21.7. The Bertz CT molecular complexity index is 1210. The number of hydrogen-bond acceptors (Lipinski definition) is 7. The normalized spacial score (nSPS) is 16.3. The fourth-order valence-electron chi connectivity index (χ4n) is 4.49. The molecular formula is C26H29N3O4. The largest absolute Gasteiger partial charge is 0.490 e. The number of aryl methyl sites for hydroxylation is 2. The summed E-state index contributed by atoms with van der Waals surface area (Å²) >= 11 is 0. The molecule has 0 spiro atoms. The zero-order valence-electron chi connectivity index (χ0n) is 19.0. The first-order valence-electron chi connectivity index (χ1n) is 11.5. The number of likely N-dealkylation sites (tertiary alicyclic amines) is 1. The summed E-state index contributed by atoms with van der Waals surface area (Å²) in [6.45, 7) is 6.65. The number of aromatic nitrogens is 2. The van der Waals surface area contributed by atoms with Crippen LogP contribution in [0.15, 0.2) is 57.4 Å². The summed E-state index contributed by atoms with van der Waals surface area (Å²) < 4.78 is 17.3. The molecule has 0 saturated carbocycles. The van der Waals surface area contributed by atoms with Crippen LogP contribution in [0.4, 0.5) is 0 Å². The number of aliphatic hydroxyl groups is 1. The van der Waals surface area contributed by atoms with Crippen LogP contribution in [0, 0.1) is 13.8 Å². The van der Waals surface area contributed by atoms with Gasteiger partial charge < -0.3 is 23.6 Å². The second-order valence-electron chi connectivity index (χ2n) is 8.86. The third-order valence-corrected chi connectivity index (χ3v) is 6.29. The van der Waals surface area contributed by atoms with Crippen LogP contribution >= 0.6 is 0 Å². The highest BCUT2D eigenvalue weighted by atomic mass is 16.5. The van der Waals surface area contributed by atoms with E-state index < -0.39 is 6.10 Å². The van der Waals surface area contributed by atoms with Gasteiger partial charge in [0.05, 0.1) is 5.39 Å². The second kappa shape index (κ2) is 9.37. The Morgan fingerprint density at radius 3 is 2.58 bits per heavy atom. The van der Waals surface area contributed by atoms with Crippen LogP contribution in [0.2, 0.25) is 0 Å². The van der Waals surface area contributed by atoms with E-state index in [2.05, 4.69) is 46.3 Å². The maximum Gasteiger partial charge on any atom is 0.283 e. The maximum absolute atomic E-state index is 10.6. The quantitative estimate of drug-likeness (QED) is 0.439. The van der Waals surface area contributed by atoms with Crippen LogP contribution in [-0.4, -0.2) is 52.5 Å². The first-order valence-corrected chi connectivity index (χ1v) is 11.5. The lowest BCUT2D eigenvalue weighted by atomic mass is 9.89. The molecule has 1 aliphatic heterocycles. The van der Waals surface area contributed by atoms with Crippen molar-refractivity contribution in [1.82, 2.24) is 15.1 Å². The Balaban J connectivity index is 1.16. The number of nitrogens with zero attached hydrogens (tertiary/aromatic N) is 3. The van der Waals surface area contributed by atoms with E-state index in [0.29, 0.717) is 41.3 Å². The zero-order chi connectivity index (χ0) is 22.8. The van der Waals surface area contributed by atoms with E-state index in [0.717, 1.165) is 31.3 Å². The monoisotopic (exact) mass is 447 g/mol. The molecule has 7 nitrogen and oxygen atoms in total. The highest BCUT2D eigenvalue weighted by molar-refractivity contribution is 5.87. The first-order chi connectivity index (χ1) is 16.0. The van der Waals surface area contributed by atoms with Crippen LogP contribution < -0.4 is 4.74 Å². The molecule has 172 valence electrons. The zero-order valence-corrected chi connectivity index (χ0v) is 19.0. The van der Waals surface area contributed by atoms with Crippen molar-refractivity contribution in [2.75, 3.05) is 26.2 Å². The molecule has 1 atom stereocenters. The van der Waals surface area contributed by atoms with Gasteiger partial charge in [0.1, 0.15) is 24.0 Å². The third kappa shape index (κ3) is 4.94. The van der Waals surface area contributed by atoms with Crippen molar-refractivity contribution in [2.24, 2.45) is 0 Å². The van der Waals surface area contributed by atoms with Gasteiger partial charge in [0.25, 0.3) is 5.89 Å². The summed E-state index contributed by atoms with van der Waals surface area (Å²) in [6, 6.07) is 16.3. The van der Waals surface area contributed by atoms with Gasteiger partial charge in [-0.05, 0) is 56.5 Å². The number of rotatable bonds is 7. The third-order valence-electron chi connectivity index (χ3n) is 6.29. The lowest BCUT2D eigenvalue weighted by Gasteiger charge is -2.33. The number of ether oxygens (including phenoxy) is 1. The number of fused-ring (bicyclic) bond motifs is 1. The molecule has 1 saturated heterocycles. The molecule has 0 aliphatic carbocycles. The van der Waals surface area contributed by atoms with Crippen molar-refractivity contribution in [1.29, 1.82) is 0 Å². The summed E-state index contributed by atoms with van der Waals surface area (Å²) in [7, 11) is 0. The highest BCUT2D eigenvalue weighted by Gasteiger charge is 2.23. The minimum atomic E-state index is -0.568. The molecule has 3 heterocycles. The Morgan fingerprint density at radius 1 is 1.06 bits per heavy atom. The molecule has 4 aromatic rings. The van der Waals surface area contributed by atoms with Crippen molar-refractivity contribution in [3.8, 4) is 17.4 Å². The van der Waals surface area contributed by atoms with Crippen molar-refractivity contribution < 1.29 is 18.7 Å². The molecule has 1 unspecified atom stereocenters. The fraction of sp³-hybridized carbons (Fsp3) is 0.385. The molecule has 0 bridgehead atoms. The average molecular weight is 448 g/mol. The molecule has 2 aromatic carbocycles. The van der Waals surface area contributed by atoms with Crippen LogP contribution in [0.5, 0.6) is 5.75 Å². The molecule has 2 aromatic heterocycles.